The summed E-state index contributed by atoms with van der Waals surface area (Å²) in [6.07, 6.45) is 28.3. The molecule has 49 heavy (non-hydrogen) atoms. The van der Waals surface area contributed by atoms with Gasteiger partial charge >= 0.3 is 11.9 Å². The highest BCUT2D eigenvalue weighted by atomic mass is 16.5. The molecule has 0 unspecified atom stereocenters. The SMILES string of the molecule is CCCCCCCCCOC(=O)C(C)(C)CCCCCCN(CCCCO)CCCCCC(C)(C)COC(=O)CCCCCCCC(C)C. The summed E-state index contributed by atoms with van der Waals surface area (Å²) in [5.74, 6) is 0.719. The lowest BCUT2D eigenvalue weighted by molar-refractivity contribution is -0.154. The maximum absolute atomic E-state index is 12.7. The number of hydrogen-bond donors (Lipinski definition) is 1. The molecule has 0 rings (SSSR count). The highest BCUT2D eigenvalue weighted by molar-refractivity contribution is 5.75. The second kappa shape index (κ2) is 31.6. The standard InChI is InChI=1S/C43H85NO5/c1-8-9-10-11-12-18-28-37-48-41(47)43(6,7)32-23-16-17-24-33-44(35-26-27-36-45)34-25-19-22-31-42(4,5)38-49-40(46)30-21-15-13-14-20-29-39(2)3/h39,45H,8-38H2,1-7H3. The zero-order chi connectivity index (χ0) is 36.6. The van der Waals surface area contributed by atoms with Crippen molar-refractivity contribution in [3.63, 3.8) is 0 Å². The first kappa shape index (κ1) is 47.9. The van der Waals surface area contributed by atoms with Crippen molar-refractivity contribution in [2.24, 2.45) is 16.7 Å². The van der Waals surface area contributed by atoms with Gasteiger partial charge in [-0.1, -0.05) is 137 Å². The van der Waals surface area contributed by atoms with Gasteiger partial charge in [0, 0.05) is 13.0 Å². The molecular weight excluding hydrogens is 610 g/mol. The van der Waals surface area contributed by atoms with Crippen molar-refractivity contribution in [2.45, 2.75) is 209 Å². The van der Waals surface area contributed by atoms with Crippen LogP contribution in [0.2, 0.25) is 0 Å². The van der Waals surface area contributed by atoms with Crippen LogP contribution in [0.25, 0.3) is 0 Å². The average molecular weight is 696 g/mol. The van der Waals surface area contributed by atoms with E-state index in [1.807, 2.05) is 13.8 Å². The van der Waals surface area contributed by atoms with Crippen LogP contribution in [0.4, 0.5) is 0 Å². The summed E-state index contributed by atoms with van der Waals surface area (Å²) >= 11 is 0. The summed E-state index contributed by atoms with van der Waals surface area (Å²) < 4.78 is 11.3. The number of ether oxygens (including phenoxy) is 2. The van der Waals surface area contributed by atoms with Gasteiger partial charge in [0.05, 0.1) is 18.6 Å². The molecule has 0 heterocycles. The van der Waals surface area contributed by atoms with Crippen molar-refractivity contribution in [3.05, 3.63) is 0 Å². The minimum Gasteiger partial charge on any atom is -0.465 e. The fourth-order valence-corrected chi connectivity index (χ4v) is 6.45. The van der Waals surface area contributed by atoms with E-state index in [9.17, 15) is 14.7 Å². The Hall–Kier alpha value is -1.14. The summed E-state index contributed by atoms with van der Waals surface area (Å²) in [4.78, 5) is 27.5. The van der Waals surface area contributed by atoms with Crippen molar-refractivity contribution in [1.82, 2.24) is 4.90 Å². The lowest BCUT2D eigenvalue weighted by Crippen LogP contribution is -2.28. The molecule has 0 aromatic heterocycles. The topological polar surface area (TPSA) is 76.1 Å². The highest BCUT2D eigenvalue weighted by Crippen LogP contribution is 2.27. The zero-order valence-corrected chi connectivity index (χ0v) is 34.0. The molecule has 0 aliphatic heterocycles. The summed E-state index contributed by atoms with van der Waals surface area (Å²) in [6.45, 7) is 19.9. The van der Waals surface area contributed by atoms with Crippen LogP contribution in [-0.4, -0.2) is 61.4 Å². The molecule has 0 amide bonds. The molecular formula is C43H85NO5. The number of aliphatic hydroxyl groups excluding tert-OH is 1. The maximum atomic E-state index is 12.7. The third kappa shape index (κ3) is 31.3. The molecule has 0 spiro atoms. The Balaban J connectivity index is 4.12. The summed E-state index contributed by atoms with van der Waals surface area (Å²) in [6, 6.07) is 0. The molecule has 0 aromatic carbocycles. The van der Waals surface area contributed by atoms with Crippen molar-refractivity contribution >= 4 is 11.9 Å². The number of esters is 2. The van der Waals surface area contributed by atoms with Crippen LogP contribution < -0.4 is 0 Å². The van der Waals surface area contributed by atoms with Gasteiger partial charge in [0.15, 0.2) is 0 Å². The Morgan fingerprint density at radius 2 is 1.12 bits per heavy atom. The predicted octanol–water partition coefficient (Wildman–Crippen LogP) is 11.8. The van der Waals surface area contributed by atoms with Gasteiger partial charge in [0.25, 0.3) is 0 Å². The Morgan fingerprint density at radius 3 is 1.76 bits per heavy atom. The van der Waals surface area contributed by atoms with Crippen molar-refractivity contribution in [1.29, 1.82) is 0 Å². The average Bonchev–Trinajstić information content (AvgIpc) is 3.05. The molecule has 0 saturated heterocycles. The van der Waals surface area contributed by atoms with Crippen molar-refractivity contribution in [2.75, 3.05) is 39.5 Å². The molecule has 6 nitrogen and oxygen atoms in total. The zero-order valence-electron chi connectivity index (χ0n) is 34.0. The minimum absolute atomic E-state index is 0.0200. The van der Waals surface area contributed by atoms with Crippen LogP contribution in [0.15, 0.2) is 0 Å². The van der Waals surface area contributed by atoms with Crippen LogP contribution in [0.5, 0.6) is 0 Å². The molecule has 0 aliphatic carbocycles. The molecule has 292 valence electrons. The summed E-state index contributed by atoms with van der Waals surface area (Å²) in [7, 11) is 0. The number of carbonyl (C=O) groups is 2. The van der Waals surface area contributed by atoms with Gasteiger partial charge in [-0.05, 0) is 96.2 Å². The number of carbonyl (C=O) groups excluding carboxylic acids is 2. The van der Waals surface area contributed by atoms with Crippen molar-refractivity contribution in [3.8, 4) is 0 Å². The molecule has 0 saturated carbocycles. The normalized spacial score (nSPS) is 12.3. The molecule has 1 N–H and O–H groups in total. The van der Waals surface area contributed by atoms with Gasteiger partial charge in [0.2, 0.25) is 0 Å². The van der Waals surface area contributed by atoms with E-state index in [2.05, 4.69) is 39.5 Å². The van der Waals surface area contributed by atoms with Gasteiger partial charge < -0.3 is 19.5 Å². The second-order valence-corrected chi connectivity index (χ2v) is 16.9. The first-order valence-corrected chi connectivity index (χ1v) is 21.1. The van der Waals surface area contributed by atoms with Gasteiger partial charge in [-0.3, -0.25) is 9.59 Å². The van der Waals surface area contributed by atoms with E-state index in [0.717, 1.165) is 96.2 Å². The Labute approximate surface area is 305 Å². The molecule has 0 aliphatic rings. The molecule has 0 aromatic rings. The number of hydrogen-bond acceptors (Lipinski definition) is 6. The monoisotopic (exact) mass is 696 g/mol. The Morgan fingerprint density at radius 1 is 0.612 bits per heavy atom. The van der Waals surface area contributed by atoms with E-state index in [1.165, 1.54) is 83.5 Å². The second-order valence-electron chi connectivity index (χ2n) is 16.9. The molecule has 0 bridgehead atoms. The van der Waals surface area contributed by atoms with E-state index in [1.54, 1.807) is 0 Å². The highest BCUT2D eigenvalue weighted by Gasteiger charge is 2.28. The number of rotatable bonds is 36. The Kier molecular flexibility index (Phi) is 30.8. The van der Waals surface area contributed by atoms with E-state index >= 15 is 0 Å². The van der Waals surface area contributed by atoms with E-state index in [0.29, 0.717) is 19.6 Å². The fraction of sp³-hybridized carbons (Fsp3) is 0.953. The first-order chi connectivity index (χ1) is 23.4. The summed E-state index contributed by atoms with van der Waals surface area (Å²) in [5.41, 5.74) is -0.383. The quantitative estimate of drug-likeness (QED) is 0.0519. The van der Waals surface area contributed by atoms with Crippen molar-refractivity contribution < 1.29 is 24.2 Å². The number of unbranched alkanes of at least 4 members (excludes halogenated alkanes) is 16. The number of aliphatic hydroxyl groups is 1. The van der Waals surface area contributed by atoms with Gasteiger partial charge in [0.1, 0.15) is 0 Å². The molecule has 0 atom stereocenters. The van der Waals surface area contributed by atoms with Crippen LogP contribution in [0.1, 0.15) is 209 Å². The lowest BCUT2D eigenvalue weighted by Gasteiger charge is -2.25. The van der Waals surface area contributed by atoms with Gasteiger partial charge in [-0.2, -0.15) is 0 Å². The predicted molar refractivity (Wildman–Crippen MR) is 209 cm³/mol. The number of nitrogens with zero attached hydrogens (tertiary/aromatic N) is 1. The maximum Gasteiger partial charge on any atom is 0.311 e. The Bertz CT molecular complexity index is 765. The van der Waals surface area contributed by atoms with Crippen LogP contribution in [-0.2, 0) is 19.1 Å². The molecule has 0 fully saturated rings. The van der Waals surface area contributed by atoms with E-state index in [-0.39, 0.29) is 24.0 Å². The minimum atomic E-state index is -0.403. The van der Waals surface area contributed by atoms with E-state index in [4.69, 9.17) is 9.47 Å². The summed E-state index contributed by atoms with van der Waals surface area (Å²) in [5, 5.41) is 9.28. The third-order valence-electron chi connectivity index (χ3n) is 10.1. The van der Waals surface area contributed by atoms with Gasteiger partial charge in [-0.25, -0.2) is 0 Å². The third-order valence-corrected chi connectivity index (χ3v) is 10.1. The first-order valence-electron chi connectivity index (χ1n) is 21.1. The largest absolute Gasteiger partial charge is 0.465 e. The fourth-order valence-electron chi connectivity index (χ4n) is 6.45. The van der Waals surface area contributed by atoms with Crippen LogP contribution in [0.3, 0.4) is 0 Å². The van der Waals surface area contributed by atoms with Crippen LogP contribution in [0, 0.1) is 16.7 Å². The van der Waals surface area contributed by atoms with Gasteiger partial charge in [-0.15, -0.1) is 0 Å². The molecule has 6 heteroatoms. The van der Waals surface area contributed by atoms with E-state index < -0.39 is 5.41 Å². The van der Waals surface area contributed by atoms with Crippen LogP contribution >= 0.6 is 0 Å². The smallest absolute Gasteiger partial charge is 0.311 e. The molecule has 0 radical (unpaired) electrons. The lowest BCUT2D eigenvalue weighted by atomic mass is 9.87.